The molecule has 0 aliphatic carbocycles. The van der Waals surface area contributed by atoms with Crippen molar-refractivity contribution in [1.29, 1.82) is 0 Å². The third-order valence-electron chi connectivity index (χ3n) is 3.95. The van der Waals surface area contributed by atoms with Crippen LogP contribution in [0.15, 0.2) is 60.2 Å². The molecule has 0 fully saturated rings. The highest BCUT2D eigenvalue weighted by atomic mass is 35.5. The van der Waals surface area contributed by atoms with Gasteiger partial charge in [0.25, 0.3) is 0 Å². The Labute approximate surface area is 147 Å². The van der Waals surface area contributed by atoms with E-state index in [9.17, 15) is 4.79 Å². The molecule has 3 heteroatoms. The molecule has 0 aromatic heterocycles. The molecular formula is C21H19ClO2. The summed E-state index contributed by atoms with van der Waals surface area (Å²) in [7, 11) is 0. The number of hydrogen-bond donors (Lipinski definition) is 0. The van der Waals surface area contributed by atoms with Gasteiger partial charge >= 0.3 is 5.97 Å². The fourth-order valence-corrected chi connectivity index (χ4v) is 2.63. The van der Waals surface area contributed by atoms with Crippen molar-refractivity contribution in [3.8, 4) is 0 Å². The molecule has 2 aromatic rings. The van der Waals surface area contributed by atoms with E-state index < -0.39 is 0 Å². The highest BCUT2D eigenvalue weighted by Gasteiger charge is 2.22. The van der Waals surface area contributed by atoms with Crippen molar-refractivity contribution in [1.82, 2.24) is 0 Å². The molecule has 0 saturated heterocycles. The molecule has 2 aromatic carbocycles. The van der Waals surface area contributed by atoms with Crippen LogP contribution in [0.5, 0.6) is 0 Å². The van der Waals surface area contributed by atoms with Crippen molar-refractivity contribution < 1.29 is 9.53 Å². The molecule has 0 unspecified atom stereocenters. The molecule has 1 aliphatic heterocycles. The van der Waals surface area contributed by atoms with Crippen LogP contribution in [0.25, 0.3) is 11.8 Å². The van der Waals surface area contributed by atoms with Crippen LogP contribution in [0, 0.1) is 0 Å². The summed E-state index contributed by atoms with van der Waals surface area (Å²) in [6.45, 7) is 6.53. The van der Waals surface area contributed by atoms with Crippen molar-refractivity contribution in [2.75, 3.05) is 0 Å². The third-order valence-corrected chi connectivity index (χ3v) is 4.20. The first kappa shape index (κ1) is 16.5. The summed E-state index contributed by atoms with van der Waals surface area (Å²) in [5, 5.41) is 0.651. The number of rotatable bonds is 2. The Morgan fingerprint density at radius 1 is 0.958 bits per heavy atom. The van der Waals surface area contributed by atoms with E-state index in [0.29, 0.717) is 16.4 Å². The van der Waals surface area contributed by atoms with E-state index in [4.69, 9.17) is 16.3 Å². The predicted molar refractivity (Wildman–Crippen MR) is 98.6 cm³/mol. The topological polar surface area (TPSA) is 26.3 Å². The Bertz CT molecular complexity index is 820. The molecule has 24 heavy (non-hydrogen) atoms. The van der Waals surface area contributed by atoms with Crippen LogP contribution >= 0.6 is 11.6 Å². The maximum Gasteiger partial charge on any atom is 0.343 e. The second-order valence-electron chi connectivity index (χ2n) is 6.88. The van der Waals surface area contributed by atoms with Gasteiger partial charge in [-0.1, -0.05) is 56.6 Å². The third kappa shape index (κ3) is 3.60. The molecule has 0 spiro atoms. The van der Waals surface area contributed by atoms with Gasteiger partial charge in [-0.25, -0.2) is 4.79 Å². The second-order valence-corrected chi connectivity index (χ2v) is 7.31. The highest BCUT2D eigenvalue weighted by Crippen LogP contribution is 2.29. The zero-order valence-electron chi connectivity index (χ0n) is 14.0. The molecule has 0 N–H and O–H groups in total. The molecule has 0 amide bonds. The van der Waals surface area contributed by atoms with Gasteiger partial charge in [-0.05, 0) is 53.0 Å². The fourth-order valence-electron chi connectivity index (χ4n) is 2.50. The Morgan fingerprint density at radius 2 is 1.58 bits per heavy atom. The second kappa shape index (κ2) is 6.29. The smallest absolute Gasteiger partial charge is 0.343 e. The predicted octanol–water partition coefficient (Wildman–Crippen LogP) is 5.62. The summed E-state index contributed by atoms with van der Waals surface area (Å²) < 4.78 is 5.36. The summed E-state index contributed by atoms with van der Waals surface area (Å²) in [4.78, 5) is 12.1. The van der Waals surface area contributed by atoms with E-state index in [2.05, 4.69) is 32.9 Å². The normalized spacial score (nSPS) is 16.2. The van der Waals surface area contributed by atoms with E-state index in [0.717, 1.165) is 11.1 Å². The van der Waals surface area contributed by atoms with Crippen LogP contribution in [0.2, 0.25) is 5.02 Å². The van der Waals surface area contributed by atoms with E-state index in [1.807, 2.05) is 30.3 Å². The quantitative estimate of drug-likeness (QED) is 0.525. The lowest BCUT2D eigenvalue weighted by atomic mass is 9.86. The lowest BCUT2D eigenvalue weighted by molar-refractivity contribution is -0.130. The number of carbonyl (C=O) groups is 1. The SMILES string of the molecule is CC(C)(C)c1ccc(/C=C2/C=C(c3ccc(Cl)cc3)OC2=O)cc1. The lowest BCUT2D eigenvalue weighted by Crippen LogP contribution is -2.10. The minimum Gasteiger partial charge on any atom is -0.422 e. The Morgan fingerprint density at radius 3 is 2.17 bits per heavy atom. The standard InChI is InChI=1S/C21H19ClO2/c1-21(2,3)17-8-4-14(5-9-17)12-16-13-19(24-20(16)23)15-6-10-18(22)11-7-15/h4-13H,1-3H3/b16-12-. The van der Waals surface area contributed by atoms with Gasteiger partial charge in [0.2, 0.25) is 0 Å². The van der Waals surface area contributed by atoms with Crippen LogP contribution in [0.4, 0.5) is 0 Å². The van der Waals surface area contributed by atoms with Gasteiger partial charge < -0.3 is 4.74 Å². The van der Waals surface area contributed by atoms with Crippen molar-refractivity contribution >= 4 is 29.4 Å². The molecule has 2 nitrogen and oxygen atoms in total. The number of esters is 1. The molecule has 0 bridgehead atoms. The zero-order valence-corrected chi connectivity index (χ0v) is 14.7. The van der Waals surface area contributed by atoms with E-state index in [-0.39, 0.29) is 11.4 Å². The van der Waals surface area contributed by atoms with Crippen molar-refractivity contribution in [3.63, 3.8) is 0 Å². The molecule has 0 saturated carbocycles. The van der Waals surface area contributed by atoms with E-state index in [1.165, 1.54) is 5.56 Å². The minimum atomic E-state index is -0.333. The number of halogens is 1. The van der Waals surface area contributed by atoms with Gasteiger partial charge in [-0.3, -0.25) is 0 Å². The van der Waals surface area contributed by atoms with Gasteiger partial charge in [-0.15, -0.1) is 0 Å². The summed E-state index contributed by atoms with van der Waals surface area (Å²) in [6.07, 6.45) is 3.61. The van der Waals surface area contributed by atoms with Gasteiger partial charge in [0, 0.05) is 10.6 Å². The van der Waals surface area contributed by atoms with Gasteiger partial charge in [0.05, 0.1) is 5.57 Å². The van der Waals surface area contributed by atoms with Crippen LogP contribution in [-0.4, -0.2) is 5.97 Å². The van der Waals surface area contributed by atoms with Gasteiger partial charge in [0.15, 0.2) is 0 Å². The molecule has 3 rings (SSSR count). The number of hydrogen-bond acceptors (Lipinski definition) is 2. The van der Waals surface area contributed by atoms with Gasteiger partial charge in [-0.2, -0.15) is 0 Å². The fraction of sp³-hybridized carbons (Fsp3) is 0.190. The summed E-state index contributed by atoms with van der Waals surface area (Å²) in [5.74, 6) is 0.217. The van der Waals surface area contributed by atoms with Crippen LogP contribution < -0.4 is 0 Å². The highest BCUT2D eigenvalue weighted by molar-refractivity contribution is 6.30. The van der Waals surface area contributed by atoms with Crippen LogP contribution in [-0.2, 0) is 14.9 Å². The van der Waals surface area contributed by atoms with Crippen molar-refractivity contribution in [3.05, 3.63) is 81.9 Å². The molecule has 122 valence electrons. The Hall–Kier alpha value is -2.32. The maximum absolute atomic E-state index is 12.1. The van der Waals surface area contributed by atoms with E-state index in [1.54, 1.807) is 18.2 Å². The molecule has 1 heterocycles. The first-order valence-electron chi connectivity index (χ1n) is 7.85. The first-order valence-corrected chi connectivity index (χ1v) is 8.23. The summed E-state index contributed by atoms with van der Waals surface area (Å²) in [5.41, 5.74) is 3.72. The van der Waals surface area contributed by atoms with Gasteiger partial charge in [0.1, 0.15) is 5.76 Å². The molecular weight excluding hydrogens is 320 g/mol. The Balaban J connectivity index is 1.87. The number of benzene rings is 2. The van der Waals surface area contributed by atoms with Crippen molar-refractivity contribution in [2.45, 2.75) is 26.2 Å². The average Bonchev–Trinajstić information content (AvgIpc) is 2.89. The molecule has 1 aliphatic rings. The monoisotopic (exact) mass is 338 g/mol. The zero-order chi connectivity index (χ0) is 17.3. The van der Waals surface area contributed by atoms with Crippen LogP contribution in [0.3, 0.4) is 0 Å². The first-order chi connectivity index (χ1) is 11.3. The number of cyclic esters (lactones) is 1. The minimum absolute atomic E-state index is 0.111. The molecule has 0 atom stereocenters. The van der Waals surface area contributed by atoms with E-state index >= 15 is 0 Å². The maximum atomic E-state index is 12.1. The Kier molecular flexibility index (Phi) is 4.33. The van der Waals surface area contributed by atoms with Crippen molar-refractivity contribution in [2.24, 2.45) is 0 Å². The average molecular weight is 339 g/mol. The van der Waals surface area contributed by atoms with Crippen LogP contribution in [0.1, 0.15) is 37.5 Å². The largest absolute Gasteiger partial charge is 0.422 e. The lowest BCUT2D eigenvalue weighted by Gasteiger charge is -2.18. The summed E-state index contributed by atoms with van der Waals surface area (Å²) in [6, 6.07) is 15.5. The summed E-state index contributed by atoms with van der Waals surface area (Å²) >= 11 is 5.89. The number of carbonyl (C=O) groups excluding carboxylic acids is 1. The number of ether oxygens (including phenoxy) is 1. The molecule has 0 radical (unpaired) electrons.